The summed E-state index contributed by atoms with van der Waals surface area (Å²) in [6, 6.07) is 22.3. The second-order valence-electron chi connectivity index (χ2n) is 6.59. The molecule has 0 aliphatic heterocycles. The van der Waals surface area contributed by atoms with Gasteiger partial charge in [0.25, 0.3) is 5.91 Å². The maximum absolute atomic E-state index is 12.6. The molecule has 0 atom stereocenters. The van der Waals surface area contributed by atoms with E-state index in [0.29, 0.717) is 35.1 Å². The third kappa shape index (κ3) is 6.45. The lowest BCUT2D eigenvalue weighted by atomic mass is 10.2. The Bertz CT molecular complexity index is 1040. The van der Waals surface area contributed by atoms with Crippen molar-refractivity contribution in [3.8, 4) is 17.2 Å². The average Bonchev–Trinajstić information content (AvgIpc) is 2.80. The zero-order valence-corrected chi connectivity index (χ0v) is 18.2. The minimum absolute atomic E-state index is 0.145. The Kier molecular flexibility index (Phi) is 7.84. The zero-order valence-electron chi connectivity index (χ0n) is 17.4. The van der Waals surface area contributed by atoms with Gasteiger partial charge in [0.2, 0.25) is 0 Å². The van der Waals surface area contributed by atoms with Gasteiger partial charge in [-0.1, -0.05) is 36.4 Å². The number of carbonyl (C=O) groups is 1. The minimum atomic E-state index is -0.340. The van der Waals surface area contributed by atoms with Crippen LogP contribution < -0.4 is 24.8 Å². The highest BCUT2D eigenvalue weighted by molar-refractivity contribution is 7.80. The van der Waals surface area contributed by atoms with Crippen molar-refractivity contribution in [3.05, 3.63) is 83.9 Å². The van der Waals surface area contributed by atoms with Crippen molar-refractivity contribution in [1.29, 1.82) is 0 Å². The van der Waals surface area contributed by atoms with Crippen molar-refractivity contribution < 1.29 is 19.0 Å². The first-order valence-electron chi connectivity index (χ1n) is 9.70. The molecule has 0 bridgehead atoms. The van der Waals surface area contributed by atoms with E-state index in [1.165, 1.54) is 5.56 Å². The van der Waals surface area contributed by atoms with Crippen molar-refractivity contribution in [3.63, 3.8) is 0 Å². The number of hydrogen-bond donors (Lipinski definition) is 2. The molecule has 3 aromatic rings. The number of rotatable bonds is 8. The molecule has 0 aliphatic rings. The van der Waals surface area contributed by atoms with Crippen LogP contribution in [0.25, 0.3) is 0 Å². The van der Waals surface area contributed by atoms with Gasteiger partial charge in [-0.15, -0.1) is 0 Å². The number of methoxy groups -OCH3 is 2. The maximum atomic E-state index is 12.6. The summed E-state index contributed by atoms with van der Waals surface area (Å²) < 4.78 is 16.3. The van der Waals surface area contributed by atoms with Gasteiger partial charge in [0.1, 0.15) is 17.2 Å². The predicted octanol–water partition coefficient (Wildman–Crippen LogP) is 4.45. The Hall–Kier alpha value is -3.58. The van der Waals surface area contributed by atoms with Crippen molar-refractivity contribution in [2.45, 2.75) is 6.42 Å². The molecule has 31 heavy (non-hydrogen) atoms. The number of amides is 1. The predicted molar refractivity (Wildman–Crippen MR) is 125 cm³/mol. The van der Waals surface area contributed by atoms with Crippen LogP contribution in [0.2, 0.25) is 0 Å². The van der Waals surface area contributed by atoms with E-state index in [0.717, 1.165) is 6.42 Å². The molecule has 3 rings (SSSR count). The summed E-state index contributed by atoms with van der Waals surface area (Å²) in [6.07, 6.45) is 0.785. The first kappa shape index (κ1) is 22.1. The number of anilines is 1. The van der Waals surface area contributed by atoms with E-state index in [1.54, 1.807) is 50.6 Å². The van der Waals surface area contributed by atoms with E-state index in [4.69, 9.17) is 26.4 Å². The van der Waals surface area contributed by atoms with Crippen LogP contribution in [0.4, 0.5) is 5.69 Å². The second kappa shape index (κ2) is 11.0. The molecular weight excluding hydrogens is 412 g/mol. The Morgan fingerprint density at radius 1 is 0.903 bits per heavy atom. The summed E-state index contributed by atoms with van der Waals surface area (Å²) in [5, 5.41) is 5.78. The quantitative estimate of drug-likeness (QED) is 0.509. The lowest BCUT2D eigenvalue weighted by molar-refractivity contribution is 0.0977. The zero-order chi connectivity index (χ0) is 22.1. The topological polar surface area (TPSA) is 68.8 Å². The standard InChI is InChI=1S/C24H24N2O4S/c1-28-19-11-12-22(29-2)21(16-19)25-24(31)26-23(27)18-9-6-10-20(15-18)30-14-13-17-7-4-3-5-8-17/h3-12,15-16H,13-14H2,1-2H3,(H2,25,26,27,31). The van der Waals surface area contributed by atoms with Gasteiger partial charge < -0.3 is 19.5 Å². The van der Waals surface area contributed by atoms with E-state index >= 15 is 0 Å². The Balaban J connectivity index is 1.57. The Morgan fingerprint density at radius 2 is 1.71 bits per heavy atom. The van der Waals surface area contributed by atoms with Crippen LogP contribution in [0.15, 0.2) is 72.8 Å². The fourth-order valence-corrected chi connectivity index (χ4v) is 3.10. The molecule has 1 amide bonds. The summed E-state index contributed by atoms with van der Waals surface area (Å²) in [4.78, 5) is 12.6. The average molecular weight is 437 g/mol. The highest BCUT2D eigenvalue weighted by atomic mass is 32.1. The van der Waals surface area contributed by atoms with Crippen LogP contribution in [0.1, 0.15) is 15.9 Å². The summed E-state index contributed by atoms with van der Waals surface area (Å²) in [7, 11) is 3.12. The molecule has 160 valence electrons. The van der Waals surface area contributed by atoms with Gasteiger partial charge in [0.05, 0.1) is 26.5 Å². The van der Waals surface area contributed by atoms with Gasteiger partial charge in [-0.25, -0.2) is 0 Å². The summed E-state index contributed by atoms with van der Waals surface area (Å²) >= 11 is 5.29. The SMILES string of the molecule is COc1ccc(OC)c(NC(=S)NC(=O)c2cccc(OCCc3ccccc3)c2)c1. The third-order valence-corrected chi connectivity index (χ3v) is 4.68. The van der Waals surface area contributed by atoms with E-state index < -0.39 is 0 Å². The van der Waals surface area contributed by atoms with Crippen LogP contribution in [0.3, 0.4) is 0 Å². The smallest absolute Gasteiger partial charge is 0.257 e. The molecule has 6 nitrogen and oxygen atoms in total. The summed E-state index contributed by atoms with van der Waals surface area (Å²) in [6.45, 7) is 0.519. The molecule has 3 aromatic carbocycles. The van der Waals surface area contributed by atoms with Crippen molar-refractivity contribution >= 4 is 28.9 Å². The second-order valence-corrected chi connectivity index (χ2v) is 6.99. The molecule has 0 unspecified atom stereocenters. The highest BCUT2D eigenvalue weighted by Gasteiger charge is 2.12. The molecule has 0 radical (unpaired) electrons. The molecule has 0 saturated carbocycles. The van der Waals surface area contributed by atoms with Crippen LogP contribution >= 0.6 is 12.2 Å². The number of carbonyl (C=O) groups excluding carboxylic acids is 1. The van der Waals surface area contributed by atoms with Crippen molar-refractivity contribution in [2.24, 2.45) is 0 Å². The van der Waals surface area contributed by atoms with Crippen molar-refractivity contribution in [2.75, 3.05) is 26.1 Å². The van der Waals surface area contributed by atoms with Crippen molar-refractivity contribution in [1.82, 2.24) is 5.32 Å². The van der Waals surface area contributed by atoms with Gasteiger partial charge in [0.15, 0.2) is 5.11 Å². The molecular formula is C24H24N2O4S. The van der Waals surface area contributed by atoms with E-state index in [1.807, 2.05) is 24.3 Å². The monoisotopic (exact) mass is 436 g/mol. The Morgan fingerprint density at radius 3 is 2.45 bits per heavy atom. The fraction of sp³-hybridized carbons (Fsp3) is 0.167. The first-order chi connectivity index (χ1) is 15.1. The van der Waals surface area contributed by atoms with Gasteiger partial charge in [-0.2, -0.15) is 0 Å². The molecule has 2 N–H and O–H groups in total. The van der Waals surface area contributed by atoms with Crippen LogP contribution in [-0.2, 0) is 6.42 Å². The van der Waals surface area contributed by atoms with Gasteiger partial charge >= 0.3 is 0 Å². The molecule has 0 saturated heterocycles. The number of hydrogen-bond acceptors (Lipinski definition) is 5. The molecule has 0 aliphatic carbocycles. The third-order valence-electron chi connectivity index (χ3n) is 4.48. The van der Waals surface area contributed by atoms with E-state index in [9.17, 15) is 4.79 Å². The highest BCUT2D eigenvalue weighted by Crippen LogP contribution is 2.28. The summed E-state index contributed by atoms with van der Waals surface area (Å²) in [5.74, 6) is 1.49. The molecule has 0 spiro atoms. The number of benzene rings is 3. The molecule has 0 fully saturated rings. The van der Waals surface area contributed by atoms with Crippen LogP contribution in [-0.4, -0.2) is 31.8 Å². The first-order valence-corrected chi connectivity index (χ1v) is 10.1. The largest absolute Gasteiger partial charge is 0.497 e. The van der Waals surface area contributed by atoms with Gasteiger partial charge in [-0.05, 0) is 48.1 Å². The van der Waals surface area contributed by atoms with E-state index in [2.05, 4.69) is 22.8 Å². The van der Waals surface area contributed by atoms with Crippen LogP contribution in [0.5, 0.6) is 17.2 Å². The minimum Gasteiger partial charge on any atom is -0.497 e. The van der Waals surface area contributed by atoms with Gasteiger partial charge in [0, 0.05) is 18.1 Å². The molecule has 7 heteroatoms. The van der Waals surface area contributed by atoms with E-state index in [-0.39, 0.29) is 11.0 Å². The molecule has 0 aromatic heterocycles. The molecule has 0 heterocycles. The number of thiocarbonyl (C=S) groups is 1. The lowest BCUT2D eigenvalue weighted by Crippen LogP contribution is -2.34. The number of nitrogens with one attached hydrogen (secondary N) is 2. The lowest BCUT2D eigenvalue weighted by Gasteiger charge is -2.14. The fourth-order valence-electron chi connectivity index (χ4n) is 2.90. The van der Waals surface area contributed by atoms with Gasteiger partial charge in [-0.3, -0.25) is 10.1 Å². The summed E-state index contributed by atoms with van der Waals surface area (Å²) in [5.41, 5.74) is 2.23. The number of ether oxygens (including phenoxy) is 3. The maximum Gasteiger partial charge on any atom is 0.257 e. The van der Waals surface area contributed by atoms with Crippen LogP contribution in [0, 0.1) is 0 Å². The Labute approximate surface area is 187 Å². The normalized spacial score (nSPS) is 10.1.